The number of para-hydroxylation sites is 1. The highest BCUT2D eigenvalue weighted by molar-refractivity contribution is 6.03. The largest absolute Gasteiger partial charge is 0.325 e. The molecule has 0 aromatic heterocycles. The Hall–Kier alpha value is -1.83. The third-order valence-corrected chi connectivity index (χ3v) is 3.25. The SMILES string of the molecule is C=CCC(CC=C)C1C(=O)Nc2ccccc21. The zero-order valence-corrected chi connectivity index (χ0v) is 9.86. The predicted octanol–water partition coefficient (Wildman–Crippen LogP) is 3.49. The maximum atomic E-state index is 12.0. The lowest BCUT2D eigenvalue weighted by atomic mass is 9.83. The second-order valence-corrected chi connectivity index (χ2v) is 4.36. The third-order valence-electron chi connectivity index (χ3n) is 3.25. The Morgan fingerprint density at radius 2 is 1.88 bits per heavy atom. The van der Waals surface area contributed by atoms with Crippen LogP contribution in [0.3, 0.4) is 0 Å². The molecule has 0 aliphatic carbocycles. The number of rotatable bonds is 5. The van der Waals surface area contributed by atoms with Crippen LogP contribution in [0.5, 0.6) is 0 Å². The summed E-state index contributed by atoms with van der Waals surface area (Å²) in [6, 6.07) is 7.89. The van der Waals surface area contributed by atoms with Gasteiger partial charge in [0.05, 0.1) is 5.92 Å². The fourth-order valence-corrected chi connectivity index (χ4v) is 2.50. The Kier molecular flexibility index (Phi) is 3.43. The Morgan fingerprint density at radius 1 is 1.24 bits per heavy atom. The van der Waals surface area contributed by atoms with Crippen LogP contribution in [0.1, 0.15) is 24.3 Å². The van der Waals surface area contributed by atoms with Crippen LogP contribution in [0.15, 0.2) is 49.6 Å². The molecule has 1 aliphatic heterocycles. The lowest BCUT2D eigenvalue weighted by Gasteiger charge is -2.19. The first-order valence-corrected chi connectivity index (χ1v) is 5.89. The van der Waals surface area contributed by atoms with Gasteiger partial charge < -0.3 is 5.32 Å². The van der Waals surface area contributed by atoms with Gasteiger partial charge in [0.1, 0.15) is 0 Å². The van der Waals surface area contributed by atoms with Gasteiger partial charge in [-0.15, -0.1) is 13.2 Å². The van der Waals surface area contributed by atoms with Gasteiger partial charge in [-0.1, -0.05) is 30.4 Å². The number of amides is 1. The number of carbonyl (C=O) groups excluding carboxylic acids is 1. The molecular formula is C15H17NO. The molecule has 17 heavy (non-hydrogen) atoms. The molecule has 0 radical (unpaired) electrons. The molecule has 1 atom stereocenters. The standard InChI is InChI=1S/C15H17NO/c1-3-7-11(8-4-2)14-12-9-5-6-10-13(12)16-15(14)17/h3-6,9-11,14H,1-2,7-8H2,(H,16,17). The minimum absolute atomic E-state index is 0.0674. The van der Waals surface area contributed by atoms with Crippen LogP contribution in [-0.2, 0) is 4.79 Å². The van der Waals surface area contributed by atoms with Gasteiger partial charge in [0, 0.05) is 5.69 Å². The summed E-state index contributed by atoms with van der Waals surface area (Å²) < 4.78 is 0. The molecular weight excluding hydrogens is 210 g/mol. The molecule has 1 N–H and O–H groups in total. The zero-order valence-electron chi connectivity index (χ0n) is 9.86. The van der Waals surface area contributed by atoms with Gasteiger partial charge in [-0.3, -0.25) is 4.79 Å². The highest BCUT2D eigenvalue weighted by Crippen LogP contribution is 2.39. The first-order chi connectivity index (χ1) is 8.27. The van der Waals surface area contributed by atoms with Crippen LogP contribution < -0.4 is 5.32 Å². The molecule has 2 heteroatoms. The van der Waals surface area contributed by atoms with Crippen molar-refractivity contribution in [3.8, 4) is 0 Å². The summed E-state index contributed by atoms with van der Waals surface area (Å²) in [4.78, 5) is 12.0. The first-order valence-electron chi connectivity index (χ1n) is 5.89. The van der Waals surface area contributed by atoms with Crippen molar-refractivity contribution in [2.45, 2.75) is 18.8 Å². The zero-order chi connectivity index (χ0) is 12.3. The Morgan fingerprint density at radius 3 is 2.53 bits per heavy atom. The van der Waals surface area contributed by atoms with Crippen LogP contribution in [-0.4, -0.2) is 5.91 Å². The van der Waals surface area contributed by atoms with E-state index in [0.717, 1.165) is 24.1 Å². The molecule has 1 unspecified atom stereocenters. The van der Waals surface area contributed by atoms with Crippen LogP contribution in [0.2, 0.25) is 0 Å². The quantitative estimate of drug-likeness (QED) is 0.766. The van der Waals surface area contributed by atoms with Crippen molar-refractivity contribution in [3.63, 3.8) is 0 Å². The molecule has 0 saturated carbocycles. The van der Waals surface area contributed by atoms with Gasteiger partial charge in [0.2, 0.25) is 5.91 Å². The number of nitrogens with one attached hydrogen (secondary N) is 1. The Bertz CT molecular complexity index is 440. The third kappa shape index (κ3) is 2.16. The van der Waals surface area contributed by atoms with E-state index in [1.165, 1.54) is 0 Å². The van der Waals surface area contributed by atoms with Gasteiger partial charge in [-0.25, -0.2) is 0 Å². The van der Waals surface area contributed by atoms with Crippen LogP contribution >= 0.6 is 0 Å². The van der Waals surface area contributed by atoms with E-state index in [1.54, 1.807) is 0 Å². The summed E-state index contributed by atoms with van der Waals surface area (Å²) in [7, 11) is 0. The highest BCUT2D eigenvalue weighted by Gasteiger charge is 2.35. The number of hydrogen-bond donors (Lipinski definition) is 1. The number of benzene rings is 1. The van der Waals surface area contributed by atoms with Gasteiger partial charge >= 0.3 is 0 Å². The smallest absolute Gasteiger partial charge is 0.232 e. The molecule has 0 saturated heterocycles. The normalized spacial score (nSPS) is 17.7. The average molecular weight is 227 g/mol. The van der Waals surface area contributed by atoms with E-state index in [9.17, 15) is 4.79 Å². The van der Waals surface area contributed by atoms with E-state index >= 15 is 0 Å². The van der Waals surface area contributed by atoms with Crippen molar-refractivity contribution in [2.75, 3.05) is 5.32 Å². The number of fused-ring (bicyclic) bond motifs is 1. The minimum Gasteiger partial charge on any atom is -0.325 e. The number of allylic oxidation sites excluding steroid dienone is 2. The van der Waals surface area contributed by atoms with Crippen molar-refractivity contribution in [3.05, 3.63) is 55.1 Å². The molecule has 2 nitrogen and oxygen atoms in total. The topological polar surface area (TPSA) is 29.1 Å². The summed E-state index contributed by atoms with van der Waals surface area (Å²) in [5, 5.41) is 2.94. The molecule has 0 spiro atoms. The average Bonchev–Trinajstić information content (AvgIpc) is 2.64. The minimum atomic E-state index is -0.0674. The molecule has 0 fully saturated rings. The van der Waals surface area contributed by atoms with Crippen LogP contribution in [0.25, 0.3) is 0 Å². The fourth-order valence-electron chi connectivity index (χ4n) is 2.50. The Labute approximate surface area is 102 Å². The van der Waals surface area contributed by atoms with E-state index < -0.39 is 0 Å². The fraction of sp³-hybridized carbons (Fsp3) is 0.267. The second kappa shape index (κ2) is 5.00. The van der Waals surface area contributed by atoms with Crippen molar-refractivity contribution in [1.29, 1.82) is 0 Å². The summed E-state index contributed by atoms with van der Waals surface area (Å²) >= 11 is 0. The molecule has 0 bridgehead atoms. The molecule has 1 aromatic carbocycles. The van der Waals surface area contributed by atoms with E-state index in [4.69, 9.17) is 0 Å². The molecule has 1 amide bonds. The summed E-state index contributed by atoms with van der Waals surface area (Å²) in [5.74, 6) is 0.288. The molecule has 1 aromatic rings. The van der Waals surface area contributed by atoms with Crippen molar-refractivity contribution >= 4 is 11.6 Å². The second-order valence-electron chi connectivity index (χ2n) is 4.36. The molecule has 2 rings (SSSR count). The summed E-state index contributed by atoms with van der Waals surface area (Å²) in [6.07, 6.45) is 5.42. The maximum absolute atomic E-state index is 12.0. The molecule has 88 valence electrons. The number of hydrogen-bond acceptors (Lipinski definition) is 1. The number of anilines is 1. The van der Waals surface area contributed by atoms with Gasteiger partial charge in [0.25, 0.3) is 0 Å². The van der Waals surface area contributed by atoms with E-state index in [1.807, 2.05) is 36.4 Å². The van der Waals surface area contributed by atoms with Crippen molar-refractivity contribution in [1.82, 2.24) is 0 Å². The summed E-state index contributed by atoms with van der Waals surface area (Å²) in [5.41, 5.74) is 2.05. The molecule has 1 aliphatic rings. The summed E-state index contributed by atoms with van der Waals surface area (Å²) in [6.45, 7) is 7.54. The number of carbonyl (C=O) groups is 1. The van der Waals surface area contributed by atoms with Gasteiger partial charge in [0.15, 0.2) is 0 Å². The van der Waals surface area contributed by atoms with E-state index in [-0.39, 0.29) is 17.7 Å². The van der Waals surface area contributed by atoms with E-state index in [0.29, 0.717) is 0 Å². The van der Waals surface area contributed by atoms with Crippen molar-refractivity contribution in [2.24, 2.45) is 5.92 Å². The van der Waals surface area contributed by atoms with Crippen molar-refractivity contribution < 1.29 is 4.79 Å². The van der Waals surface area contributed by atoms with Gasteiger partial charge in [-0.05, 0) is 30.4 Å². The lowest BCUT2D eigenvalue weighted by molar-refractivity contribution is -0.118. The van der Waals surface area contributed by atoms with Gasteiger partial charge in [-0.2, -0.15) is 0 Å². The lowest BCUT2D eigenvalue weighted by Crippen LogP contribution is -2.20. The highest BCUT2D eigenvalue weighted by atomic mass is 16.2. The van der Waals surface area contributed by atoms with Crippen LogP contribution in [0.4, 0.5) is 5.69 Å². The molecule has 1 heterocycles. The van der Waals surface area contributed by atoms with Crippen LogP contribution in [0, 0.1) is 5.92 Å². The maximum Gasteiger partial charge on any atom is 0.232 e. The monoisotopic (exact) mass is 227 g/mol. The predicted molar refractivity (Wildman–Crippen MR) is 70.9 cm³/mol. The first kappa shape index (κ1) is 11.6. The Balaban J connectivity index is 2.33. The van der Waals surface area contributed by atoms with E-state index in [2.05, 4.69) is 18.5 Å².